The molecule has 2 rings (SSSR count). The summed E-state index contributed by atoms with van der Waals surface area (Å²) >= 11 is 0. The van der Waals surface area contributed by atoms with Crippen molar-refractivity contribution in [3.8, 4) is 6.07 Å². The summed E-state index contributed by atoms with van der Waals surface area (Å²) in [5.74, 6) is 2.49. The Labute approximate surface area is 151 Å². The first-order valence-corrected chi connectivity index (χ1v) is 11.1. The molecule has 1 nitrogen and oxygen atoms in total. The molecule has 2 fully saturated rings. The molecule has 2 saturated carbocycles. The third-order valence-electron chi connectivity index (χ3n) is 7.13. The molecule has 2 aliphatic carbocycles. The molecule has 0 saturated heterocycles. The van der Waals surface area contributed by atoms with Gasteiger partial charge in [0.2, 0.25) is 0 Å². The van der Waals surface area contributed by atoms with Crippen LogP contribution in [0.2, 0.25) is 0 Å². The van der Waals surface area contributed by atoms with Crippen LogP contribution in [0.4, 0.5) is 0 Å². The number of fused-ring (bicyclic) bond motifs is 1. The summed E-state index contributed by atoms with van der Waals surface area (Å²) in [4.78, 5) is 0. The molecule has 4 atom stereocenters. The normalized spacial score (nSPS) is 33.0. The third-order valence-corrected chi connectivity index (χ3v) is 7.13. The van der Waals surface area contributed by atoms with Crippen molar-refractivity contribution in [1.82, 2.24) is 0 Å². The van der Waals surface area contributed by atoms with E-state index in [2.05, 4.69) is 19.9 Å². The van der Waals surface area contributed by atoms with E-state index in [1.165, 1.54) is 103 Å². The van der Waals surface area contributed by atoms with Crippen LogP contribution in [0, 0.1) is 34.5 Å². The van der Waals surface area contributed by atoms with Gasteiger partial charge in [-0.1, -0.05) is 84.5 Å². The molecule has 0 aromatic rings. The van der Waals surface area contributed by atoms with Crippen molar-refractivity contribution in [3.05, 3.63) is 0 Å². The van der Waals surface area contributed by atoms with Gasteiger partial charge < -0.3 is 0 Å². The summed E-state index contributed by atoms with van der Waals surface area (Å²) < 4.78 is 0. The fourth-order valence-electron chi connectivity index (χ4n) is 5.55. The average molecular weight is 332 g/mol. The van der Waals surface area contributed by atoms with Crippen molar-refractivity contribution in [2.24, 2.45) is 23.2 Å². The number of unbranched alkanes of at least 4 members (excludes halogenated alkanes) is 6. The third kappa shape index (κ3) is 5.50. The summed E-state index contributed by atoms with van der Waals surface area (Å²) in [6, 6.07) is 2.85. The zero-order valence-corrected chi connectivity index (χ0v) is 16.5. The van der Waals surface area contributed by atoms with Crippen LogP contribution in [0.1, 0.15) is 117 Å². The second-order valence-corrected chi connectivity index (χ2v) is 8.95. The lowest BCUT2D eigenvalue weighted by atomic mass is 9.55. The van der Waals surface area contributed by atoms with Crippen LogP contribution >= 0.6 is 0 Å². The summed E-state index contributed by atoms with van der Waals surface area (Å²) in [5.41, 5.74) is 0.0631. The lowest BCUT2D eigenvalue weighted by Crippen LogP contribution is -2.40. The molecule has 4 unspecified atom stereocenters. The second-order valence-electron chi connectivity index (χ2n) is 8.95. The van der Waals surface area contributed by atoms with Crippen LogP contribution in [-0.4, -0.2) is 0 Å². The largest absolute Gasteiger partial charge is 0.198 e. The fraction of sp³-hybridized carbons (Fsp3) is 0.957. The van der Waals surface area contributed by atoms with E-state index in [0.717, 1.165) is 17.8 Å². The van der Waals surface area contributed by atoms with E-state index < -0.39 is 0 Å². The van der Waals surface area contributed by atoms with Gasteiger partial charge in [0.25, 0.3) is 0 Å². The summed E-state index contributed by atoms with van der Waals surface area (Å²) in [6.07, 6.45) is 21.8. The van der Waals surface area contributed by atoms with Crippen LogP contribution in [0.15, 0.2) is 0 Å². The van der Waals surface area contributed by atoms with Gasteiger partial charge in [-0.15, -0.1) is 0 Å². The van der Waals surface area contributed by atoms with Gasteiger partial charge in [-0.2, -0.15) is 5.26 Å². The molecule has 0 heterocycles. The molecule has 0 radical (unpaired) electrons. The van der Waals surface area contributed by atoms with Crippen LogP contribution in [0.5, 0.6) is 0 Å². The molecule has 24 heavy (non-hydrogen) atoms. The second kappa shape index (κ2) is 10.5. The number of hydrogen-bond acceptors (Lipinski definition) is 1. The molecule has 0 aromatic carbocycles. The maximum atomic E-state index is 9.99. The lowest BCUT2D eigenvalue weighted by molar-refractivity contribution is 0.0366. The summed E-state index contributed by atoms with van der Waals surface area (Å²) in [6.45, 7) is 4.58. The predicted molar refractivity (Wildman–Crippen MR) is 104 cm³/mol. The molecule has 0 N–H and O–H groups in total. The molecule has 138 valence electrons. The molecule has 0 bridgehead atoms. The summed E-state index contributed by atoms with van der Waals surface area (Å²) in [7, 11) is 0. The van der Waals surface area contributed by atoms with Gasteiger partial charge in [0, 0.05) is 0 Å². The molecular formula is C23H41N. The summed E-state index contributed by atoms with van der Waals surface area (Å²) in [5, 5.41) is 9.99. The topological polar surface area (TPSA) is 23.8 Å². The molecule has 0 aliphatic heterocycles. The standard InChI is InChI=1S/C23H41N/c1-3-5-7-9-11-20-15-16-23(19-24)18-21(12-10-8-6-4-2)13-14-22(23)17-20/h20-22H,3-18H2,1-2H3. The molecule has 2 aliphatic rings. The van der Waals surface area contributed by atoms with E-state index in [1.54, 1.807) is 0 Å². The minimum atomic E-state index is 0.0631. The van der Waals surface area contributed by atoms with Gasteiger partial charge in [0.15, 0.2) is 0 Å². The minimum Gasteiger partial charge on any atom is -0.198 e. The van der Waals surface area contributed by atoms with E-state index in [4.69, 9.17) is 0 Å². The SMILES string of the molecule is CCCCCCC1CCC2(C#N)CC(CCCCCC)CCC2C1. The average Bonchev–Trinajstić information content (AvgIpc) is 2.62. The highest BCUT2D eigenvalue weighted by Gasteiger charge is 2.47. The zero-order chi connectivity index (χ0) is 17.3. The van der Waals surface area contributed by atoms with Gasteiger partial charge in [-0.25, -0.2) is 0 Å². The van der Waals surface area contributed by atoms with E-state index in [9.17, 15) is 5.26 Å². The number of nitriles is 1. The van der Waals surface area contributed by atoms with Gasteiger partial charge >= 0.3 is 0 Å². The maximum Gasteiger partial charge on any atom is 0.0692 e. The lowest BCUT2D eigenvalue weighted by Gasteiger charge is -2.48. The van der Waals surface area contributed by atoms with Crippen molar-refractivity contribution in [2.45, 2.75) is 117 Å². The van der Waals surface area contributed by atoms with Gasteiger partial charge in [-0.05, 0) is 49.9 Å². The molecule has 1 heteroatoms. The Morgan fingerprint density at radius 2 is 1.50 bits per heavy atom. The minimum absolute atomic E-state index is 0.0631. The van der Waals surface area contributed by atoms with Crippen molar-refractivity contribution in [1.29, 1.82) is 5.26 Å². The van der Waals surface area contributed by atoms with Gasteiger partial charge in [-0.3, -0.25) is 0 Å². The fourth-order valence-corrected chi connectivity index (χ4v) is 5.55. The Balaban J connectivity index is 1.78. The van der Waals surface area contributed by atoms with E-state index in [-0.39, 0.29) is 5.41 Å². The molecule has 0 amide bonds. The Morgan fingerprint density at radius 1 is 0.833 bits per heavy atom. The maximum absolute atomic E-state index is 9.99. The smallest absolute Gasteiger partial charge is 0.0692 e. The Morgan fingerprint density at radius 3 is 2.12 bits per heavy atom. The van der Waals surface area contributed by atoms with E-state index in [0.29, 0.717) is 0 Å². The van der Waals surface area contributed by atoms with Crippen LogP contribution in [0.25, 0.3) is 0 Å². The highest BCUT2D eigenvalue weighted by molar-refractivity contribution is 5.08. The van der Waals surface area contributed by atoms with Crippen LogP contribution in [-0.2, 0) is 0 Å². The van der Waals surface area contributed by atoms with Gasteiger partial charge in [0.1, 0.15) is 0 Å². The predicted octanol–water partition coefficient (Wildman–Crippen LogP) is 7.65. The molecular weight excluding hydrogens is 290 g/mol. The Kier molecular flexibility index (Phi) is 8.65. The van der Waals surface area contributed by atoms with Crippen LogP contribution < -0.4 is 0 Å². The first kappa shape index (κ1) is 19.8. The zero-order valence-electron chi connectivity index (χ0n) is 16.5. The van der Waals surface area contributed by atoms with E-state index in [1.807, 2.05) is 0 Å². The van der Waals surface area contributed by atoms with Crippen molar-refractivity contribution < 1.29 is 0 Å². The first-order valence-electron chi connectivity index (χ1n) is 11.1. The van der Waals surface area contributed by atoms with Crippen molar-refractivity contribution in [2.75, 3.05) is 0 Å². The van der Waals surface area contributed by atoms with Gasteiger partial charge in [0.05, 0.1) is 11.5 Å². The monoisotopic (exact) mass is 331 g/mol. The van der Waals surface area contributed by atoms with Crippen LogP contribution in [0.3, 0.4) is 0 Å². The molecule has 0 spiro atoms. The quantitative estimate of drug-likeness (QED) is 0.377. The Bertz CT molecular complexity index is 382. The first-order chi connectivity index (χ1) is 11.7. The number of nitrogens with zero attached hydrogens (tertiary/aromatic N) is 1. The number of rotatable bonds is 10. The Hall–Kier alpha value is -0.510. The molecule has 0 aromatic heterocycles. The highest BCUT2D eigenvalue weighted by Crippen LogP contribution is 2.54. The van der Waals surface area contributed by atoms with Crippen molar-refractivity contribution >= 4 is 0 Å². The van der Waals surface area contributed by atoms with Crippen molar-refractivity contribution in [3.63, 3.8) is 0 Å². The number of hydrogen-bond donors (Lipinski definition) is 0. The van der Waals surface area contributed by atoms with E-state index >= 15 is 0 Å². The highest BCUT2D eigenvalue weighted by atomic mass is 14.5.